The van der Waals surface area contributed by atoms with Crippen molar-refractivity contribution in [1.82, 2.24) is 10.2 Å². The van der Waals surface area contributed by atoms with E-state index in [1.165, 1.54) is 37.3 Å². The zero-order chi connectivity index (χ0) is 33.8. The molecule has 4 aromatic rings. The summed E-state index contributed by atoms with van der Waals surface area (Å²) in [5.41, 5.74) is 1.75. The van der Waals surface area contributed by atoms with E-state index in [0.29, 0.717) is 35.8 Å². The average molecular weight is 660 g/mol. The van der Waals surface area contributed by atoms with Gasteiger partial charge in [0.25, 0.3) is 10.0 Å². The molecule has 1 unspecified atom stereocenters. The molecule has 0 radical (unpaired) electrons. The van der Waals surface area contributed by atoms with Gasteiger partial charge in [-0.3, -0.25) is 13.9 Å². The van der Waals surface area contributed by atoms with E-state index in [1.54, 1.807) is 55.6 Å². The van der Waals surface area contributed by atoms with E-state index in [0.717, 1.165) is 9.87 Å². The topological polar surface area (TPSA) is 114 Å². The van der Waals surface area contributed by atoms with E-state index < -0.39 is 28.5 Å². The van der Waals surface area contributed by atoms with Crippen LogP contribution in [0.2, 0.25) is 0 Å². The van der Waals surface area contributed by atoms with Gasteiger partial charge in [-0.1, -0.05) is 67.6 Å². The van der Waals surface area contributed by atoms with Crippen LogP contribution in [-0.4, -0.2) is 65.6 Å². The SMILES string of the molecule is CCCNC(=O)C(Cc1ccccc1)N(Cc1cccc(OC)c1)C(=O)CN(c1ccc(OC)c(OC)c1)S(=O)(=O)c1ccccc1. The van der Waals surface area contributed by atoms with Crippen LogP contribution >= 0.6 is 0 Å². The quantitative estimate of drug-likeness (QED) is 0.179. The highest BCUT2D eigenvalue weighted by molar-refractivity contribution is 7.92. The van der Waals surface area contributed by atoms with Crippen LogP contribution in [0, 0.1) is 0 Å². The van der Waals surface area contributed by atoms with Crippen LogP contribution in [0.1, 0.15) is 24.5 Å². The van der Waals surface area contributed by atoms with Crippen molar-refractivity contribution in [3.63, 3.8) is 0 Å². The number of hydrogen-bond donors (Lipinski definition) is 1. The van der Waals surface area contributed by atoms with E-state index in [4.69, 9.17) is 14.2 Å². The molecular formula is C36H41N3O7S. The van der Waals surface area contributed by atoms with Crippen LogP contribution < -0.4 is 23.8 Å². The second-order valence-corrected chi connectivity index (χ2v) is 12.6. The summed E-state index contributed by atoms with van der Waals surface area (Å²) in [5.74, 6) is 0.364. The van der Waals surface area contributed by atoms with Crippen LogP contribution in [0.3, 0.4) is 0 Å². The molecule has 2 amide bonds. The molecule has 4 rings (SSSR count). The van der Waals surface area contributed by atoms with E-state index in [2.05, 4.69) is 5.32 Å². The molecular weight excluding hydrogens is 618 g/mol. The van der Waals surface area contributed by atoms with Crippen molar-refractivity contribution in [2.45, 2.75) is 37.2 Å². The summed E-state index contributed by atoms with van der Waals surface area (Å²) in [4.78, 5) is 29.9. The molecule has 0 saturated heterocycles. The average Bonchev–Trinajstić information content (AvgIpc) is 3.11. The number of anilines is 1. The van der Waals surface area contributed by atoms with E-state index in [-0.39, 0.29) is 29.5 Å². The summed E-state index contributed by atoms with van der Waals surface area (Å²) in [5, 5.41) is 2.95. The van der Waals surface area contributed by atoms with Gasteiger partial charge >= 0.3 is 0 Å². The molecule has 11 heteroatoms. The Balaban J connectivity index is 1.83. The number of hydrogen-bond acceptors (Lipinski definition) is 7. The van der Waals surface area contributed by atoms with Gasteiger partial charge in [-0.15, -0.1) is 0 Å². The summed E-state index contributed by atoms with van der Waals surface area (Å²) in [6.07, 6.45) is 0.921. The lowest BCUT2D eigenvalue weighted by molar-refractivity contribution is -0.140. The molecule has 0 aliphatic rings. The number of nitrogens with one attached hydrogen (secondary N) is 1. The zero-order valence-electron chi connectivity index (χ0n) is 27.1. The maximum atomic E-state index is 14.6. The third kappa shape index (κ3) is 8.82. The van der Waals surface area contributed by atoms with Crippen molar-refractivity contribution in [1.29, 1.82) is 0 Å². The van der Waals surface area contributed by atoms with Gasteiger partial charge in [0, 0.05) is 25.6 Å². The van der Waals surface area contributed by atoms with E-state index in [9.17, 15) is 18.0 Å². The molecule has 0 spiro atoms. The molecule has 1 N–H and O–H groups in total. The Hall–Kier alpha value is -5.03. The van der Waals surface area contributed by atoms with Gasteiger partial charge in [0.2, 0.25) is 11.8 Å². The molecule has 4 aromatic carbocycles. The Morgan fingerprint density at radius 2 is 1.43 bits per heavy atom. The lowest BCUT2D eigenvalue weighted by Gasteiger charge is -2.34. The third-order valence-corrected chi connectivity index (χ3v) is 9.36. The number of rotatable bonds is 16. The number of carbonyl (C=O) groups is 2. The maximum Gasteiger partial charge on any atom is 0.264 e. The molecule has 0 heterocycles. The van der Waals surface area contributed by atoms with Crippen LogP contribution in [0.25, 0.3) is 0 Å². The normalized spacial score (nSPS) is 11.7. The largest absolute Gasteiger partial charge is 0.497 e. The standard InChI is InChI=1S/C36H41N3O7S/c1-5-21-37-36(41)32(23-27-13-8-6-9-14-27)38(25-28-15-12-16-30(22-28)44-2)35(40)26-39(47(42,43)31-17-10-7-11-18-31)29-19-20-33(45-3)34(24-29)46-4/h6-20,22,24,32H,5,21,23,25-26H2,1-4H3,(H,37,41). The smallest absolute Gasteiger partial charge is 0.264 e. The molecule has 10 nitrogen and oxygen atoms in total. The molecule has 0 saturated carbocycles. The third-order valence-electron chi connectivity index (χ3n) is 7.57. The predicted octanol–water partition coefficient (Wildman–Crippen LogP) is 5.07. The summed E-state index contributed by atoms with van der Waals surface area (Å²) in [6, 6.07) is 28.2. The monoisotopic (exact) mass is 659 g/mol. The van der Waals surface area contributed by atoms with Gasteiger partial charge in [0.15, 0.2) is 11.5 Å². The Labute approximate surface area is 276 Å². The van der Waals surface area contributed by atoms with Crippen LogP contribution in [0.4, 0.5) is 5.69 Å². The lowest BCUT2D eigenvalue weighted by Crippen LogP contribution is -2.53. The number of methoxy groups -OCH3 is 3. The Morgan fingerprint density at radius 3 is 2.06 bits per heavy atom. The van der Waals surface area contributed by atoms with Crippen LogP contribution in [0.5, 0.6) is 17.2 Å². The van der Waals surface area contributed by atoms with E-state index in [1.807, 2.05) is 43.3 Å². The zero-order valence-corrected chi connectivity index (χ0v) is 27.9. The number of ether oxygens (including phenoxy) is 3. The minimum absolute atomic E-state index is 0.00320. The van der Waals surface area contributed by atoms with Gasteiger partial charge < -0.3 is 24.4 Å². The highest BCUT2D eigenvalue weighted by atomic mass is 32.2. The van der Waals surface area contributed by atoms with Crippen molar-refractivity contribution in [3.8, 4) is 17.2 Å². The highest BCUT2D eigenvalue weighted by Crippen LogP contribution is 2.34. The van der Waals surface area contributed by atoms with Crippen molar-refractivity contribution in [2.75, 3.05) is 38.7 Å². The molecule has 248 valence electrons. The first-order chi connectivity index (χ1) is 22.7. The number of sulfonamides is 1. The second-order valence-electron chi connectivity index (χ2n) is 10.7. The van der Waals surface area contributed by atoms with Gasteiger partial charge in [0.1, 0.15) is 18.3 Å². The first-order valence-corrected chi connectivity index (χ1v) is 16.7. The van der Waals surface area contributed by atoms with Crippen molar-refractivity contribution < 1.29 is 32.2 Å². The fourth-order valence-electron chi connectivity index (χ4n) is 5.12. The van der Waals surface area contributed by atoms with Crippen molar-refractivity contribution in [2.24, 2.45) is 0 Å². The van der Waals surface area contributed by atoms with Gasteiger partial charge in [0.05, 0.1) is 31.9 Å². The van der Waals surface area contributed by atoms with Crippen LogP contribution in [-0.2, 0) is 32.6 Å². The number of benzene rings is 4. The number of amides is 2. The highest BCUT2D eigenvalue weighted by Gasteiger charge is 2.35. The summed E-state index contributed by atoms with van der Waals surface area (Å²) in [6.45, 7) is 1.80. The molecule has 0 aliphatic heterocycles. The summed E-state index contributed by atoms with van der Waals surface area (Å²) < 4.78 is 45.7. The van der Waals surface area contributed by atoms with Crippen LogP contribution in [0.15, 0.2) is 108 Å². The van der Waals surface area contributed by atoms with Crippen molar-refractivity contribution >= 4 is 27.5 Å². The second kappa shape index (κ2) is 16.5. The summed E-state index contributed by atoms with van der Waals surface area (Å²) in [7, 11) is 0.213. The van der Waals surface area contributed by atoms with E-state index >= 15 is 0 Å². The Bertz CT molecular complexity index is 1730. The maximum absolute atomic E-state index is 14.6. The van der Waals surface area contributed by atoms with Gasteiger partial charge in [-0.05, 0) is 53.9 Å². The number of nitrogens with zero attached hydrogens (tertiary/aromatic N) is 2. The molecule has 1 atom stereocenters. The molecule has 47 heavy (non-hydrogen) atoms. The molecule has 0 bridgehead atoms. The van der Waals surface area contributed by atoms with Gasteiger partial charge in [-0.25, -0.2) is 8.42 Å². The number of carbonyl (C=O) groups excluding carboxylic acids is 2. The minimum Gasteiger partial charge on any atom is -0.497 e. The first-order valence-electron chi connectivity index (χ1n) is 15.3. The minimum atomic E-state index is -4.26. The Morgan fingerprint density at radius 1 is 0.766 bits per heavy atom. The fraction of sp³-hybridized carbons (Fsp3) is 0.278. The lowest BCUT2D eigenvalue weighted by atomic mass is 10.0. The van der Waals surface area contributed by atoms with Crippen molar-refractivity contribution in [3.05, 3.63) is 114 Å². The van der Waals surface area contributed by atoms with Gasteiger partial charge in [-0.2, -0.15) is 0 Å². The molecule has 0 aromatic heterocycles. The Kier molecular flexibility index (Phi) is 12.2. The first kappa shape index (κ1) is 34.8. The summed E-state index contributed by atoms with van der Waals surface area (Å²) >= 11 is 0. The molecule has 0 aliphatic carbocycles. The fourth-order valence-corrected chi connectivity index (χ4v) is 6.54. The molecule has 0 fully saturated rings. The predicted molar refractivity (Wildman–Crippen MR) is 181 cm³/mol.